The van der Waals surface area contributed by atoms with Crippen molar-refractivity contribution in [2.75, 3.05) is 26.8 Å². The molecular formula is C13H18FNO2. The molecule has 1 aromatic carbocycles. The lowest BCUT2D eigenvalue weighted by atomic mass is 10.1. The standard InChI is InChI=1S/C13H18FNO2/c1-4-15(7-8-17-3)13(16)12-6-5-11(14)9-10(12)2/h5-6,9H,4,7-8H2,1-3H3. The second-order valence-corrected chi connectivity index (χ2v) is 3.84. The van der Waals surface area contributed by atoms with E-state index in [1.165, 1.54) is 18.2 Å². The molecule has 4 heteroatoms. The molecule has 0 fully saturated rings. The van der Waals surface area contributed by atoms with Gasteiger partial charge in [0.2, 0.25) is 0 Å². The number of nitrogens with zero attached hydrogens (tertiary/aromatic N) is 1. The number of hydrogen-bond acceptors (Lipinski definition) is 2. The van der Waals surface area contributed by atoms with Gasteiger partial charge in [-0.05, 0) is 37.6 Å². The normalized spacial score (nSPS) is 10.4. The van der Waals surface area contributed by atoms with Crippen molar-refractivity contribution in [1.29, 1.82) is 0 Å². The highest BCUT2D eigenvalue weighted by Gasteiger charge is 2.16. The summed E-state index contributed by atoms with van der Waals surface area (Å²) in [5, 5.41) is 0. The predicted molar refractivity (Wildman–Crippen MR) is 64.6 cm³/mol. The number of benzene rings is 1. The minimum Gasteiger partial charge on any atom is -0.383 e. The molecule has 0 unspecified atom stereocenters. The smallest absolute Gasteiger partial charge is 0.254 e. The van der Waals surface area contributed by atoms with E-state index in [4.69, 9.17) is 4.74 Å². The van der Waals surface area contributed by atoms with Crippen LogP contribution in [0, 0.1) is 12.7 Å². The SMILES string of the molecule is CCN(CCOC)C(=O)c1ccc(F)cc1C. The van der Waals surface area contributed by atoms with E-state index in [0.29, 0.717) is 30.8 Å². The monoisotopic (exact) mass is 239 g/mol. The Morgan fingerprint density at radius 1 is 1.47 bits per heavy atom. The molecule has 0 aliphatic heterocycles. The molecule has 17 heavy (non-hydrogen) atoms. The van der Waals surface area contributed by atoms with Crippen LogP contribution in [0.4, 0.5) is 4.39 Å². The Labute approximate surface area is 101 Å². The largest absolute Gasteiger partial charge is 0.383 e. The first-order chi connectivity index (χ1) is 8.10. The van der Waals surface area contributed by atoms with Crippen molar-refractivity contribution in [3.63, 3.8) is 0 Å². The fraction of sp³-hybridized carbons (Fsp3) is 0.462. The average molecular weight is 239 g/mol. The van der Waals surface area contributed by atoms with Gasteiger partial charge in [-0.3, -0.25) is 4.79 Å². The minimum absolute atomic E-state index is 0.0814. The molecule has 1 aromatic rings. The first-order valence-corrected chi connectivity index (χ1v) is 5.64. The summed E-state index contributed by atoms with van der Waals surface area (Å²) in [5.41, 5.74) is 1.20. The lowest BCUT2D eigenvalue weighted by molar-refractivity contribution is 0.0705. The summed E-state index contributed by atoms with van der Waals surface area (Å²) in [5.74, 6) is -0.402. The molecule has 0 bridgehead atoms. The summed E-state index contributed by atoms with van der Waals surface area (Å²) in [6.07, 6.45) is 0. The number of ether oxygens (including phenoxy) is 1. The van der Waals surface area contributed by atoms with Gasteiger partial charge in [0.25, 0.3) is 5.91 Å². The number of methoxy groups -OCH3 is 1. The number of halogens is 1. The molecule has 1 rings (SSSR count). The molecular weight excluding hydrogens is 221 g/mol. The first kappa shape index (κ1) is 13.6. The summed E-state index contributed by atoms with van der Waals surface area (Å²) in [4.78, 5) is 13.8. The Morgan fingerprint density at radius 2 is 2.18 bits per heavy atom. The van der Waals surface area contributed by atoms with Gasteiger partial charge in [0.15, 0.2) is 0 Å². The number of rotatable bonds is 5. The maximum atomic E-state index is 13.0. The number of carbonyl (C=O) groups is 1. The van der Waals surface area contributed by atoms with Crippen molar-refractivity contribution < 1.29 is 13.9 Å². The zero-order valence-electron chi connectivity index (χ0n) is 10.5. The number of aryl methyl sites for hydroxylation is 1. The summed E-state index contributed by atoms with van der Waals surface area (Å²) in [7, 11) is 1.60. The van der Waals surface area contributed by atoms with E-state index in [0.717, 1.165) is 0 Å². The van der Waals surface area contributed by atoms with E-state index in [2.05, 4.69) is 0 Å². The van der Waals surface area contributed by atoms with Gasteiger partial charge in [0.1, 0.15) is 5.82 Å². The van der Waals surface area contributed by atoms with Gasteiger partial charge >= 0.3 is 0 Å². The molecule has 0 N–H and O–H groups in total. The second-order valence-electron chi connectivity index (χ2n) is 3.84. The van der Waals surface area contributed by atoms with Crippen LogP contribution in [0.2, 0.25) is 0 Å². The Kier molecular flexibility index (Phi) is 5.10. The van der Waals surface area contributed by atoms with Gasteiger partial charge in [-0.15, -0.1) is 0 Å². The quantitative estimate of drug-likeness (QED) is 0.788. The molecule has 0 radical (unpaired) electrons. The third-order valence-corrected chi connectivity index (χ3v) is 2.65. The Bertz CT molecular complexity index is 393. The van der Waals surface area contributed by atoms with Crippen LogP contribution in [0.25, 0.3) is 0 Å². The van der Waals surface area contributed by atoms with Crippen LogP contribution in [0.3, 0.4) is 0 Å². The maximum Gasteiger partial charge on any atom is 0.254 e. The number of amides is 1. The van der Waals surface area contributed by atoms with E-state index >= 15 is 0 Å². The highest BCUT2D eigenvalue weighted by molar-refractivity contribution is 5.95. The molecule has 94 valence electrons. The van der Waals surface area contributed by atoms with Crippen molar-refractivity contribution in [2.45, 2.75) is 13.8 Å². The highest BCUT2D eigenvalue weighted by atomic mass is 19.1. The Morgan fingerprint density at radius 3 is 2.71 bits per heavy atom. The molecule has 0 saturated heterocycles. The van der Waals surface area contributed by atoms with Crippen molar-refractivity contribution in [3.8, 4) is 0 Å². The molecule has 0 aliphatic carbocycles. The van der Waals surface area contributed by atoms with Crippen LogP contribution >= 0.6 is 0 Å². The molecule has 1 amide bonds. The average Bonchev–Trinajstić information content (AvgIpc) is 2.29. The van der Waals surface area contributed by atoms with Gasteiger partial charge < -0.3 is 9.64 Å². The first-order valence-electron chi connectivity index (χ1n) is 5.64. The van der Waals surface area contributed by atoms with E-state index in [-0.39, 0.29) is 11.7 Å². The van der Waals surface area contributed by atoms with Gasteiger partial charge in [-0.1, -0.05) is 0 Å². The van der Waals surface area contributed by atoms with Crippen molar-refractivity contribution in [2.24, 2.45) is 0 Å². The van der Waals surface area contributed by atoms with E-state index < -0.39 is 0 Å². The zero-order chi connectivity index (χ0) is 12.8. The van der Waals surface area contributed by atoms with Crippen LogP contribution < -0.4 is 0 Å². The number of hydrogen-bond donors (Lipinski definition) is 0. The summed E-state index contributed by atoms with van der Waals surface area (Å²) in [6, 6.07) is 4.21. The van der Waals surface area contributed by atoms with Crippen molar-refractivity contribution >= 4 is 5.91 Å². The molecule has 0 atom stereocenters. The highest BCUT2D eigenvalue weighted by Crippen LogP contribution is 2.12. The molecule has 0 heterocycles. The summed E-state index contributed by atoms with van der Waals surface area (Å²) < 4.78 is 17.9. The summed E-state index contributed by atoms with van der Waals surface area (Å²) in [6.45, 7) is 5.30. The van der Waals surface area contributed by atoms with Gasteiger partial charge in [0, 0.05) is 25.8 Å². The molecule has 0 spiro atoms. The van der Waals surface area contributed by atoms with E-state index in [1.807, 2.05) is 6.92 Å². The van der Waals surface area contributed by atoms with Gasteiger partial charge in [0.05, 0.1) is 6.61 Å². The van der Waals surface area contributed by atoms with Gasteiger partial charge in [-0.2, -0.15) is 0 Å². The van der Waals surface area contributed by atoms with E-state index in [9.17, 15) is 9.18 Å². The number of carbonyl (C=O) groups excluding carboxylic acids is 1. The second kappa shape index (κ2) is 6.35. The summed E-state index contributed by atoms with van der Waals surface area (Å²) >= 11 is 0. The fourth-order valence-electron chi connectivity index (χ4n) is 1.64. The lowest BCUT2D eigenvalue weighted by Gasteiger charge is -2.21. The van der Waals surface area contributed by atoms with Crippen LogP contribution in [0.1, 0.15) is 22.8 Å². The molecule has 0 aromatic heterocycles. The maximum absolute atomic E-state index is 13.0. The van der Waals surface area contributed by atoms with Crippen molar-refractivity contribution in [3.05, 3.63) is 35.1 Å². The lowest BCUT2D eigenvalue weighted by Crippen LogP contribution is -2.34. The Hall–Kier alpha value is -1.42. The van der Waals surface area contributed by atoms with Crippen LogP contribution in [0.15, 0.2) is 18.2 Å². The zero-order valence-corrected chi connectivity index (χ0v) is 10.5. The topological polar surface area (TPSA) is 29.5 Å². The molecule has 0 aliphatic rings. The minimum atomic E-state index is -0.320. The van der Waals surface area contributed by atoms with Crippen molar-refractivity contribution in [1.82, 2.24) is 4.90 Å². The van der Waals surface area contributed by atoms with Crippen LogP contribution in [-0.4, -0.2) is 37.6 Å². The van der Waals surface area contributed by atoms with Gasteiger partial charge in [-0.25, -0.2) is 4.39 Å². The van der Waals surface area contributed by atoms with E-state index in [1.54, 1.807) is 18.9 Å². The van der Waals surface area contributed by atoms with Crippen LogP contribution in [-0.2, 0) is 4.74 Å². The molecule has 3 nitrogen and oxygen atoms in total. The number of likely N-dealkylation sites (N-methyl/N-ethyl adjacent to an activating group) is 1. The van der Waals surface area contributed by atoms with Crippen LogP contribution in [0.5, 0.6) is 0 Å². The predicted octanol–water partition coefficient (Wildman–Crippen LogP) is 2.24. The Balaban J connectivity index is 2.86. The molecule has 0 saturated carbocycles. The fourth-order valence-corrected chi connectivity index (χ4v) is 1.64. The third kappa shape index (κ3) is 3.53. The third-order valence-electron chi connectivity index (χ3n) is 2.65.